The van der Waals surface area contributed by atoms with Crippen LogP contribution in [0.3, 0.4) is 0 Å². The van der Waals surface area contributed by atoms with E-state index in [1.165, 1.54) is 12.1 Å². The second kappa shape index (κ2) is 7.82. The van der Waals surface area contributed by atoms with Crippen LogP contribution in [0, 0.1) is 0 Å². The molecule has 1 unspecified atom stereocenters. The fourth-order valence-electron chi connectivity index (χ4n) is 2.75. The minimum absolute atomic E-state index is 0.0338. The van der Waals surface area contributed by atoms with E-state index in [1.807, 2.05) is 18.2 Å². The van der Waals surface area contributed by atoms with E-state index < -0.39 is 10.1 Å². The molecule has 0 saturated carbocycles. The zero-order valence-corrected chi connectivity index (χ0v) is 14.7. The predicted octanol–water partition coefficient (Wildman–Crippen LogP) is 3.01. The Bertz CT molecular complexity index is 803. The summed E-state index contributed by atoms with van der Waals surface area (Å²) < 4.78 is 35.5. The van der Waals surface area contributed by atoms with E-state index in [4.69, 9.17) is 8.92 Å². The van der Waals surface area contributed by atoms with Crippen molar-refractivity contribution in [2.75, 3.05) is 26.2 Å². The molecular formula is C19H21NO4S. The van der Waals surface area contributed by atoms with Crippen molar-refractivity contribution in [3.63, 3.8) is 0 Å². The summed E-state index contributed by atoms with van der Waals surface area (Å²) in [4.78, 5) is 2.40. The fourth-order valence-corrected chi connectivity index (χ4v) is 3.70. The lowest BCUT2D eigenvalue weighted by Crippen LogP contribution is -2.38. The molecule has 1 saturated heterocycles. The topological polar surface area (TPSA) is 55.8 Å². The van der Waals surface area contributed by atoms with E-state index in [0.717, 1.165) is 25.2 Å². The van der Waals surface area contributed by atoms with E-state index >= 15 is 0 Å². The Labute approximate surface area is 148 Å². The van der Waals surface area contributed by atoms with E-state index in [2.05, 4.69) is 11.5 Å². The third kappa shape index (κ3) is 4.48. The molecule has 1 atom stereocenters. The third-order valence-corrected chi connectivity index (χ3v) is 5.29. The molecule has 0 bridgehead atoms. The molecule has 25 heavy (non-hydrogen) atoms. The van der Waals surface area contributed by atoms with Crippen LogP contribution in [0.15, 0.2) is 72.1 Å². The monoisotopic (exact) mass is 359 g/mol. The third-order valence-electron chi connectivity index (χ3n) is 4.03. The first kappa shape index (κ1) is 17.7. The maximum absolute atomic E-state index is 12.2. The van der Waals surface area contributed by atoms with Gasteiger partial charge in [0, 0.05) is 19.6 Å². The highest BCUT2D eigenvalue weighted by Gasteiger charge is 2.22. The highest BCUT2D eigenvalue weighted by Crippen LogP contribution is 2.25. The molecular weight excluding hydrogens is 338 g/mol. The van der Waals surface area contributed by atoms with Crippen molar-refractivity contribution in [1.29, 1.82) is 0 Å². The van der Waals surface area contributed by atoms with Crippen molar-refractivity contribution in [1.82, 2.24) is 4.90 Å². The molecule has 1 aliphatic heterocycles. The molecule has 3 rings (SSSR count). The maximum atomic E-state index is 12.2. The average Bonchev–Trinajstić information content (AvgIpc) is 2.63. The summed E-state index contributed by atoms with van der Waals surface area (Å²) in [6, 6.07) is 15.1. The highest BCUT2D eigenvalue weighted by atomic mass is 32.2. The van der Waals surface area contributed by atoms with Crippen molar-refractivity contribution >= 4 is 10.1 Å². The van der Waals surface area contributed by atoms with Crippen molar-refractivity contribution in [3.8, 4) is 5.75 Å². The van der Waals surface area contributed by atoms with Crippen LogP contribution in [-0.2, 0) is 14.9 Å². The van der Waals surface area contributed by atoms with Gasteiger partial charge in [-0.15, -0.1) is 6.58 Å². The summed E-state index contributed by atoms with van der Waals surface area (Å²) in [6.07, 6.45) is 1.85. The molecule has 1 aliphatic rings. The van der Waals surface area contributed by atoms with E-state index in [9.17, 15) is 8.42 Å². The molecule has 0 spiro atoms. The molecule has 1 fully saturated rings. The van der Waals surface area contributed by atoms with Gasteiger partial charge < -0.3 is 8.92 Å². The van der Waals surface area contributed by atoms with Crippen LogP contribution < -0.4 is 4.18 Å². The van der Waals surface area contributed by atoms with E-state index in [0.29, 0.717) is 6.61 Å². The molecule has 0 aromatic heterocycles. The molecule has 6 heteroatoms. The normalized spacial score (nSPS) is 18.6. The van der Waals surface area contributed by atoms with Crippen LogP contribution in [0.5, 0.6) is 5.75 Å². The van der Waals surface area contributed by atoms with E-state index in [1.54, 1.807) is 30.3 Å². The standard InChI is InChI=1S/C19H21NO4S/c1-2-12-20-13-14-23-19(15-20)16-8-10-17(11-9-16)24-25(21,22)18-6-4-3-5-7-18/h2-11,19H,1,12-15H2. The number of hydrogen-bond acceptors (Lipinski definition) is 5. The van der Waals surface area contributed by atoms with Crippen LogP contribution in [0.2, 0.25) is 0 Å². The van der Waals surface area contributed by atoms with Gasteiger partial charge in [-0.25, -0.2) is 0 Å². The number of nitrogens with zero attached hydrogens (tertiary/aromatic N) is 1. The molecule has 0 amide bonds. The van der Waals surface area contributed by atoms with Gasteiger partial charge in [-0.3, -0.25) is 4.90 Å². The summed E-state index contributed by atoms with van der Waals surface area (Å²) in [5.74, 6) is 0.284. The summed E-state index contributed by atoms with van der Waals surface area (Å²) in [7, 11) is -3.82. The summed E-state index contributed by atoms with van der Waals surface area (Å²) in [5.41, 5.74) is 0.998. The van der Waals surface area contributed by atoms with Crippen LogP contribution >= 0.6 is 0 Å². The summed E-state index contributed by atoms with van der Waals surface area (Å²) >= 11 is 0. The first-order chi connectivity index (χ1) is 12.1. The quantitative estimate of drug-likeness (QED) is 0.586. The highest BCUT2D eigenvalue weighted by molar-refractivity contribution is 7.87. The van der Waals surface area contributed by atoms with Crippen LogP contribution in [0.1, 0.15) is 11.7 Å². The minimum Gasteiger partial charge on any atom is -0.379 e. The molecule has 0 aliphatic carbocycles. The lowest BCUT2D eigenvalue weighted by molar-refractivity contribution is -0.0260. The second-order valence-electron chi connectivity index (χ2n) is 5.83. The van der Waals surface area contributed by atoms with Crippen molar-refractivity contribution in [2.24, 2.45) is 0 Å². The number of ether oxygens (including phenoxy) is 1. The lowest BCUT2D eigenvalue weighted by Gasteiger charge is -2.32. The maximum Gasteiger partial charge on any atom is 0.339 e. The first-order valence-electron chi connectivity index (χ1n) is 8.13. The van der Waals surface area contributed by atoms with Gasteiger partial charge in [0.15, 0.2) is 0 Å². The molecule has 2 aromatic carbocycles. The summed E-state index contributed by atoms with van der Waals surface area (Å²) in [6.45, 7) is 6.94. The Morgan fingerprint density at radius 1 is 1.16 bits per heavy atom. The van der Waals surface area contributed by atoms with Crippen molar-refractivity contribution < 1.29 is 17.3 Å². The number of morpholine rings is 1. The van der Waals surface area contributed by atoms with Gasteiger partial charge in [-0.1, -0.05) is 36.4 Å². The lowest BCUT2D eigenvalue weighted by atomic mass is 10.1. The van der Waals surface area contributed by atoms with Crippen LogP contribution in [-0.4, -0.2) is 39.6 Å². The first-order valence-corrected chi connectivity index (χ1v) is 9.54. The van der Waals surface area contributed by atoms with Gasteiger partial charge in [0.05, 0.1) is 12.7 Å². The predicted molar refractivity (Wildman–Crippen MR) is 96.0 cm³/mol. The molecule has 0 N–H and O–H groups in total. The number of benzene rings is 2. The van der Waals surface area contributed by atoms with Gasteiger partial charge in [0.25, 0.3) is 0 Å². The SMILES string of the molecule is C=CCN1CCOC(c2ccc(OS(=O)(=O)c3ccccc3)cc2)C1. The molecule has 1 heterocycles. The van der Waals surface area contributed by atoms with Crippen LogP contribution in [0.4, 0.5) is 0 Å². The fraction of sp³-hybridized carbons (Fsp3) is 0.263. The number of hydrogen-bond donors (Lipinski definition) is 0. The van der Waals surface area contributed by atoms with E-state index in [-0.39, 0.29) is 16.7 Å². The van der Waals surface area contributed by atoms with Crippen LogP contribution in [0.25, 0.3) is 0 Å². The molecule has 132 valence electrons. The largest absolute Gasteiger partial charge is 0.379 e. The Hall–Kier alpha value is -2.15. The zero-order valence-electron chi connectivity index (χ0n) is 13.9. The van der Waals surface area contributed by atoms with Gasteiger partial charge in [-0.2, -0.15) is 8.42 Å². The van der Waals surface area contributed by atoms with Gasteiger partial charge >= 0.3 is 10.1 Å². The smallest absolute Gasteiger partial charge is 0.339 e. The Balaban J connectivity index is 1.69. The molecule has 2 aromatic rings. The van der Waals surface area contributed by atoms with Gasteiger partial charge in [0.2, 0.25) is 0 Å². The zero-order chi connectivity index (χ0) is 17.7. The Morgan fingerprint density at radius 3 is 2.56 bits per heavy atom. The van der Waals surface area contributed by atoms with Gasteiger partial charge in [0.1, 0.15) is 10.6 Å². The number of rotatable bonds is 6. The minimum atomic E-state index is -3.82. The second-order valence-corrected chi connectivity index (χ2v) is 7.37. The Morgan fingerprint density at radius 2 is 1.88 bits per heavy atom. The summed E-state index contributed by atoms with van der Waals surface area (Å²) in [5, 5.41) is 0. The van der Waals surface area contributed by atoms with Crippen molar-refractivity contribution in [2.45, 2.75) is 11.0 Å². The molecule has 0 radical (unpaired) electrons. The van der Waals surface area contributed by atoms with Gasteiger partial charge in [-0.05, 0) is 29.8 Å². The Kier molecular flexibility index (Phi) is 5.53. The molecule has 5 nitrogen and oxygen atoms in total. The average molecular weight is 359 g/mol. The van der Waals surface area contributed by atoms with Crippen molar-refractivity contribution in [3.05, 3.63) is 72.8 Å².